The Morgan fingerprint density at radius 1 is 1.20 bits per heavy atom. The van der Waals surface area contributed by atoms with Crippen LogP contribution in [0.15, 0.2) is 36.4 Å². The molecule has 106 valence electrons. The molecule has 20 heavy (non-hydrogen) atoms. The van der Waals surface area contributed by atoms with E-state index in [1.54, 1.807) is 31.2 Å². The summed E-state index contributed by atoms with van der Waals surface area (Å²) in [6.07, 6.45) is -0.779. The second kappa shape index (κ2) is 6.11. The molecule has 2 rings (SSSR count). The number of methoxy groups -OCH3 is 1. The van der Waals surface area contributed by atoms with Gasteiger partial charge in [0, 0.05) is 6.07 Å². The highest BCUT2D eigenvalue weighted by Crippen LogP contribution is 2.36. The lowest BCUT2D eigenvalue weighted by Crippen LogP contribution is -2.00. The normalized spacial score (nSPS) is 12.1. The third kappa shape index (κ3) is 3.03. The Labute approximate surface area is 121 Å². The lowest BCUT2D eigenvalue weighted by molar-refractivity contribution is 0.190. The van der Waals surface area contributed by atoms with Gasteiger partial charge in [-0.2, -0.15) is 0 Å². The first-order valence-electron chi connectivity index (χ1n) is 6.00. The molecule has 0 fully saturated rings. The molecule has 1 unspecified atom stereocenters. The van der Waals surface area contributed by atoms with Crippen LogP contribution < -0.4 is 9.47 Å². The topological polar surface area (TPSA) is 38.7 Å². The average Bonchev–Trinajstić information content (AvgIpc) is 2.42. The van der Waals surface area contributed by atoms with E-state index < -0.39 is 11.9 Å². The van der Waals surface area contributed by atoms with Crippen molar-refractivity contribution in [3.63, 3.8) is 0 Å². The van der Waals surface area contributed by atoms with E-state index in [0.29, 0.717) is 22.8 Å². The van der Waals surface area contributed by atoms with E-state index in [1.165, 1.54) is 19.2 Å². The molecular weight excluding hydrogens is 283 g/mol. The minimum atomic E-state index is -0.779. The Morgan fingerprint density at radius 2 is 1.90 bits per heavy atom. The van der Waals surface area contributed by atoms with Crippen molar-refractivity contribution in [3.8, 4) is 17.2 Å². The van der Waals surface area contributed by atoms with Crippen LogP contribution in [-0.2, 0) is 0 Å². The molecule has 0 saturated carbocycles. The molecule has 0 heterocycles. The minimum Gasteiger partial charge on any atom is -0.496 e. The Kier molecular flexibility index (Phi) is 4.47. The van der Waals surface area contributed by atoms with Gasteiger partial charge in [-0.1, -0.05) is 17.7 Å². The van der Waals surface area contributed by atoms with Gasteiger partial charge in [0.15, 0.2) is 0 Å². The Bertz CT molecular complexity index is 614. The number of rotatable bonds is 4. The molecule has 1 N–H and O–H groups in total. The molecule has 2 aromatic rings. The van der Waals surface area contributed by atoms with E-state index in [4.69, 9.17) is 21.1 Å². The second-order valence-corrected chi connectivity index (χ2v) is 4.63. The highest BCUT2D eigenvalue weighted by Gasteiger charge is 2.16. The van der Waals surface area contributed by atoms with Crippen LogP contribution in [-0.4, -0.2) is 12.2 Å². The third-order valence-electron chi connectivity index (χ3n) is 2.78. The maximum Gasteiger partial charge on any atom is 0.145 e. The van der Waals surface area contributed by atoms with Crippen molar-refractivity contribution in [2.45, 2.75) is 13.0 Å². The first kappa shape index (κ1) is 14.6. The van der Waals surface area contributed by atoms with Crippen LogP contribution in [0.25, 0.3) is 0 Å². The maximum atomic E-state index is 13.4. The standard InChI is InChI=1S/C15H14ClFO3/c1-9(18)15-13(19-2)4-3-5-14(15)20-10-6-7-11(16)12(17)8-10/h3-9,18H,1-2H3. The van der Waals surface area contributed by atoms with Crippen molar-refractivity contribution in [3.05, 3.63) is 52.8 Å². The Morgan fingerprint density at radius 3 is 2.50 bits per heavy atom. The summed E-state index contributed by atoms with van der Waals surface area (Å²) in [5, 5.41) is 9.86. The third-order valence-corrected chi connectivity index (χ3v) is 3.09. The van der Waals surface area contributed by atoms with Gasteiger partial charge < -0.3 is 14.6 Å². The molecule has 0 bridgehead atoms. The monoisotopic (exact) mass is 296 g/mol. The number of aliphatic hydroxyl groups is 1. The second-order valence-electron chi connectivity index (χ2n) is 4.23. The van der Waals surface area contributed by atoms with Gasteiger partial charge in [0.1, 0.15) is 23.1 Å². The molecule has 3 nitrogen and oxygen atoms in total. The van der Waals surface area contributed by atoms with Crippen molar-refractivity contribution in [2.24, 2.45) is 0 Å². The Balaban J connectivity index is 2.40. The van der Waals surface area contributed by atoms with Crippen LogP contribution in [0.4, 0.5) is 4.39 Å². The molecule has 0 aromatic heterocycles. The maximum absolute atomic E-state index is 13.4. The highest BCUT2D eigenvalue weighted by molar-refractivity contribution is 6.30. The summed E-state index contributed by atoms with van der Waals surface area (Å²) >= 11 is 5.62. The van der Waals surface area contributed by atoms with Crippen molar-refractivity contribution >= 4 is 11.6 Å². The van der Waals surface area contributed by atoms with Crippen LogP contribution in [0, 0.1) is 5.82 Å². The summed E-state index contributed by atoms with van der Waals surface area (Å²) < 4.78 is 24.2. The first-order chi connectivity index (χ1) is 9.52. The zero-order valence-electron chi connectivity index (χ0n) is 11.1. The van der Waals surface area contributed by atoms with Crippen molar-refractivity contribution < 1.29 is 19.0 Å². The molecule has 0 saturated heterocycles. The molecule has 0 amide bonds. The van der Waals surface area contributed by atoms with Gasteiger partial charge in [0.2, 0.25) is 0 Å². The zero-order valence-corrected chi connectivity index (χ0v) is 11.8. The summed E-state index contributed by atoms with van der Waals surface area (Å²) in [5.74, 6) is 0.640. The molecular formula is C15H14ClFO3. The largest absolute Gasteiger partial charge is 0.496 e. The predicted molar refractivity (Wildman–Crippen MR) is 75.1 cm³/mol. The summed E-state index contributed by atoms with van der Waals surface area (Å²) in [6.45, 7) is 1.60. The van der Waals surface area contributed by atoms with E-state index in [-0.39, 0.29) is 5.02 Å². The van der Waals surface area contributed by atoms with Crippen molar-refractivity contribution in [1.29, 1.82) is 0 Å². The SMILES string of the molecule is COc1cccc(Oc2ccc(Cl)c(F)c2)c1C(C)O. The smallest absolute Gasteiger partial charge is 0.145 e. The molecule has 0 aliphatic rings. The van der Waals surface area contributed by atoms with Gasteiger partial charge in [-0.15, -0.1) is 0 Å². The van der Waals surface area contributed by atoms with Crippen LogP contribution >= 0.6 is 11.6 Å². The molecule has 5 heteroatoms. The fourth-order valence-electron chi connectivity index (χ4n) is 1.87. The fourth-order valence-corrected chi connectivity index (χ4v) is 1.99. The van der Waals surface area contributed by atoms with E-state index in [1.807, 2.05) is 0 Å². The average molecular weight is 297 g/mol. The summed E-state index contributed by atoms with van der Waals surface area (Å²) in [6, 6.07) is 9.28. The molecule has 0 radical (unpaired) electrons. The summed E-state index contributed by atoms with van der Waals surface area (Å²) in [4.78, 5) is 0. The predicted octanol–water partition coefficient (Wildman–Crippen LogP) is 4.33. The fraction of sp³-hybridized carbons (Fsp3) is 0.200. The number of hydrogen-bond donors (Lipinski definition) is 1. The van der Waals surface area contributed by atoms with Gasteiger partial charge in [0.25, 0.3) is 0 Å². The van der Waals surface area contributed by atoms with Crippen LogP contribution in [0.1, 0.15) is 18.6 Å². The van der Waals surface area contributed by atoms with E-state index in [9.17, 15) is 9.50 Å². The summed E-state index contributed by atoms with van der Waals surface area (Å²) in [5.41, 5.74) is 0.505. The van der Waals surface area contributed by atoms with E-state index >= 15 is 0 Å². The minimum absolute atomic E-state index is 0.0266. The zero-order chi connectivity index (χ0) is 14.7. The quantitative estimate of drug-likeness (QED) is 0.912. The molecule has 0 spiro atoms. The Hall–Kier alpha value is -1.78. The number of aliphatic hydroxyl groups excluding tert-OH is 1. The number of halogens is 2. The van der Waals surface area contributed by atoms with Crippen LogP contribution in [0.3, 0.4) is 0 Å². The van der Waals surface area contributed by atoms with E-state index in [2.05, 4.69) is 0 Å². The molecule has 0 aliphatic carbocycles. The summed E-state index contributed by atoms with van der Waals surface area (Å²) in [7, 11) is 1.51. The van der Waals surface area contributed by atoms with E-state index in [0.717, 1.165) is 0 Å². The molecule has 1 atom stereocenters. The lowest BCUT2D eigenvalue weighted by Gasteiger charge is -2.16. The highest BCUT2D eigenvalue weighted by atomic mass is 35.5. The van der Waals surface area contributed by atoms with Crippen molar-refractivity contribution in [1.82, 2.24) is 0 Å². The van der Waals surface area contributed by atoms with Gasteiger partial charge in [0.05, 0.1) is 23.8 Å². The van der Waals surface area contributed by atoms with Gasteiger partial charge in [-0.3, -0.25) is 0 Å². The first-order valence-corrected chi connectivity index (χ1v) is 6.38. The molecule has 0 aliphatic heterocycles. The number of benzene rings is 2. The molecule has 2 aromatic carbocycles. The van der Waals surface area contributed by atoms with Crippen molar-refractivity contribution in [2.75, 3.05) is 7.11 Å². The lowest BCUT2D eigenvalue weighted by atomic mass is 10.1. The van der Waals surface area contributed by atoms with Gasteiger partial charge in [-0.05, 0) is 31.2 Å². The number of ether oxygens (including phenoxy) is 2. The number of hydrogen-bond acceptors (Lipinski definition) is 3. The van der Waals surface area contributed by atoms with Crippen LogP contribution in [0.5, 0.6) is 17.2 Å². The van der Waals surface area contributed by atoms with Gasteiger partial charge >= 0.3 is 0 Å². The van der Waals surface area contributed by atoms with Crippen LogP contribution in [0.2, 0.25) is 5.02 Å². The van der Waals surface area contributed by atoms with Gasteiger partial charge in [-0.25, -0.2) is 4.39 Å².